The molecule has 0 heterocycles. The molecule has 0 aliphatic heterocycles. The van der Waals surface area contributed by atoms with Gasteiger partial charge in [0.1, 0.15) is 0 Å². The van der Waals surface area contributed by atoms with Crippen molar-refractivity contribution in [3.05, 3.63) is 59.7 Å². The van der Waals surface area contributed by atoms with Crippen LogP contribution in [0.25, 0.3) is 0 Å². The molecule has 2 rings (SSSR count). The molecule has 0 spiro atoms. The quantitative estimate of drug-likeness (QED) is 0.0644. The van der Waals surface area contributed by atoms with Crippen molar-refractivity contribution in [2.24, 2.45) is 9.98 Å². The van der Waals surface area contributed by atoms with E-state index >= 15 is 0 Å². The molecule has 2 nitrogen and oxygen atoms in total. The van der Waals surface area contributed by atoms with Gasteiger partial charge in [-0.1, -0.05) is 103 Å². The Hall–Kier alpha value is -2.61. The number of aliphatic imine (C=N–C) groups is 2. The van der Waals surface area contributed by atoms with Gasteiger partial charge in [-0.3, -0.25) is 9.98 Å². The minimum Gasteiger partial charge on any atom is -0.251 e. The van der Waals surface area contributed by atoms with Gasteiger partial charge in [0.2, 0.25) is 0 Å². The Morgan fingerprint density at radius 2 is 0.907 bits per heavy atom. The van der Waals surface area contributed by atoms with Crippen LogP contribution < -0.4 is 0 Å². The summed E-state index contributed by atoms with van der Waals surface area (Å²) in [6, 6.07) is 17.3. The van der Waals surface area contributed by atoms with Crippen molar-refractivity contribution >= 4 is 22.8 Å². The number of nitrogens with zero attached hydrogens (tertiary/aromatic N) is 2. The summed E-state index contributed by atoms with van der Waals surface area (Å²) in [5, 5.41) is 0. The molecule has 236 valence electrons. The van der Waals surface area contributed by atoms with Gasteiger partial charge in [-0.25, -0.2) is 0 Å². The first-order valence-electron chi connectivity index (χ1n) is 17.0. The molecule has 0 fully saturated rings. The third-order valence-electron chi connectivity index (χ3n) is 7.40. The van der Waals surface area contributed by atoms with Crippen LogP contribution >= 0.6 is 0 Å². The normalized spacial score (nSPS) is 11.3. The maximum absolute atomic E-state index is 5.40. The van der Waals surface area contributed by atoms with Crippen LogP contribution in [-0.4, -0.2) is 11.4 Å². The average molecular weight is 624 g/mol. The van der Waals surface area contributed by atoms with Gasteiger partial charge in [0, 0.05) is 42.2 Å². The number of para-hydroxylation sites is 2. The first-order chi connectivity index (χ1) is 20.7. The second-order valence-electron chi connectivity index (χ2n) is 11.2. The third-order valence-corrected chi connectivity index (χ3v) is 7.40. The maximum atomic E-state index is 5.40. The molecule has 0 radical (unpaired) electrons. The number of hydrogen-bond acceptors (Lipinski definition) is 2. The molecule has 0 atom stereocenters. The Bertz CT molecular complexity index is 1200. The fourth-order valence-corrected chi connectivity index (χ4v) is 4.90. The van der Waals surface area contributed by atoms with E-state index in [1.807, 2.05) is 0 Å². The van der Waals surface area contributed by atoms with Gasteiger partial charge in [0.25, 0.3) is 0 Å². The van der Waals surface area contributed by atoms with Crippen LogP contribution in [0.4, 0.5) is 11.4 Å². The molecule has 0 unspecified atom stereocenters. The van der Waals surface area contributed by atoms with E-state index in [9.17, 15) is 0 Å². The number of benzene rings is 2. The SMILES string of the molecule is CCCC#CCCc1ccccc1/N=C(CCCC)/C(CCCCCCCC)=N/c1ccccc1CCC#CCCC.[Ni]. The first-order valence-corrected chi connectivity index (χ1v) is 17.0. The summed E-state index contributed by atoms with van der Waals surface area (Å²) in [7, 11) is 0. The van der Waals surface area contributed by atoms with Crippen LogP contribution in [0.2, 0.25) is 0 Å². The Morgan fingerprint density at radius 3 is 1.40 bits per heavy atom. The third kappa shape index (κ3) is 16.7. The summed E-state index contributed by atoms with van der Waals surface area (Å²) in [4.78, 5) is 10.8. The van der Waals surface area contributed by atoms with Crippen molar-refractivity contribution in [2.75, 3.05) is 0 Å². The summed E-state index contributed by atoms with van der Waals surface area (Å²) in [5.41, 5.74) is 7.05. The molecule has 2 aromatic carbocycles. The van der Waals surface area contributed by atoms with Crippen LogP contribution in [0.5, 0.6) is 0 Å². The molecule has 2 aromatic rings. The van der Waals surface area contributed by atoms with Crippen LogP contribution in [0.1, 0.15) is 142 Å². The van der Waals surface area contributed by atoms with E-state index in [0.717, 1.165) is 101 Å². The largest absolute Gasteiger partial charge is 0.251 e. The smallest absolute Gasteiger partial charge is 0.0666 e. The molecule has 0 amide bonds. The maximum Gasteiger partial charge on any atom is 0.0666 e. The predicted octanol–water partition coefficient (Wildman–Crippen LogP) is 11.9. The van der Waals surface area contributed by atoms with Crippen molar-refractivity contribution in [3.8, 4) is 23.7 Å². The standard InChI is InChI=1S/C40H56N2.Ni/c1-5-9-13-16-19-22-34-40(42-38-33-26-24-30-36(38)28-21-18-15-11-7-3)39(31-12-8-4)41-37-32-25-23-29-35(37)27-20-17-14-10-6-2;/h23-26,29-30,32-33H,5-13,16,19-22,27-28,31,34H2,1-4H3;/b41-39+,42-40+;. The molecule has 0 bridgehead atoms. The fourth-order valence-electron chi connectivity index (χ4n) is 4.90. The Morgan fingerprint density at radius 1 is 0.488 bits per heavy atom. The van der Waals surface area contributed by atoms with Crippen LogP contribution in [0, 0.1) is 23.7 Å². The molecular weight excluding hydrogens is 567 g/mol. The van der Waals surface area contributed by atoms with E-state index in [0.29, 0.717) is 0 Å². The summed E-state index contributed by atoms with van der Waals surface area (Å²) >= 11 is 0. The summed E-state index contributed by atoms with van der Waals surface area (Å²) in [5.74, 6) is 13.3. The first kappa shape index (κ1) is 38.4. The molecule has 0 saturated heterocycles. The summed E-state index contributed by atoms with van der Waals surface area (Å²) < 4.78 is 0. The van der Waals surface area contributed by atoms with E-state index in [2.05, 4.69) is 99.9 Å². The number of rotatable bonds is 19. The zero-order valence-corrected chi connectivity index (χ0v) is 28.5. The Labute approximate surface area is 275 Å². The van der Waals surface area contributed by atoms with Crippen molar-refractivity contribution in [2.45, 2.75) is 143 Å². The number of unbranched alkanes of at least 4 members (excludes halogenated alkanes) is 8. The molecule has 0 N–H and O–H groups in total. The van der Waals surface area contributed by atoms with Gasteiger partial charge in [0.15, 0.2) is 0 Å². The Balaban J connectivity index is 0.00000924. The van der Waals surface area contributed by atoms with E-state index in [1.165, 1.54) is 48.9 Å². The van der Waals surface area contributed by atoms with Crippen LogP contribution in [0.15, 0.2) is 58.5 Å². The summed E-state index contributed by atoms with van der Waals surface area (Å²) in [6.45, 7) is 8.91. The van der Waals surface area contributed by atoms with Crippen molar-refractivity contribution < 1.29 is 16.5 Å². The molecule has 0 aliphatic rings. The number of aryl methyl sites for hydroxylation is 2. The zero-order valence-electron chi connectivity index (χ0n) is 27.6. The zero-order chi connectivity index (χ0) is 30.1. The van der Waals surface area contributed by atoms with Gasteiger partial charge in [0.05, 0.1) is 22.8 Å². The van der Waals surface area contributed by atoms with Crippen LogP contribution in [0.3, 0.4) is 0 Å². The van der Waals surface area contributed by atoms with E-state index in [-0.39, 0.29) is 16.5 Å². The molecular formula is C40H56N2Ni. The van der Waals surface area contributed by atoms with Gasteiger partial charge < -0.3 is 0 Å². The minimum absolute atomic E-state index is 0. The van der Waals surface area contributed by atoms with Gasteiger partial charge in [-0.15, -0.1) is 23.7 Å². The molecule has 0 aromatic heterocycles. The van der Waals surface area contributed by atoms with E-state index in [4.69, 9.17) is 9.98 Å². The average Bonchev–Trinajstić information content (AvgIpc) is 3.01. The van der Waals surface area contributed by atoms with Crippen molar-refractivity contribution in [1.82, 2.24) is 0 Å². The van der Waals surface area contributed by atoms with Gasteiger partial charge in [-0.05, 0) is 74.6 Å². The molecule has 3 heteroatoms. The van der Waals surface area contributed by atoms with Crippen LogP contribution in [-0.2, 0) is 29.3 Å². The van der Waals surface area contributed by atoms with Crippen molar-refractivity contribution in [3.63, 3.8) is 0 Å². The van der Waals surface area contributed by atoms with E-state index < -0.39 is 0 Å². The van der Waals surface area contributed by atoms with Gasteiger partial charge in [-0.2, -0.15) is 0 Å². The topological polar surface area (TPSA) is 24.7 Å². The molecule has 43 heavy (non-hydrogen) atoms. The molecule has 0 aliphatic carbocycles. The fraction of sp³-hybridized carbons (Fsp3) is 0.550. The Kier molecular flexibility index (Phi) is 23.1. The van der Waals surface area contributed by atoms with Crippen molar-refractivity contribution in [1.29, 1.82) is 0 Å². The monoisotopic (exact) mass is 622 g/mol. The second-order valence-corrected chi connectivity index (χ2v) is 11.2. The predicted molar refractivity (Wildman–Crippen MR) is 187 cm³/mol. The minimum atomic E-state index is 0. The van der Waals surface area contributed by atoms with Gasteiger partial charge >= 0.3 is 0 Å². The second kappa shape index (κ2) is 25.9. The number of hydrogen-bond donors (Lipinski definition) is 0. The summed E-state index contributed by atoms with van der Waals surface area (Å²) in [6.07, 6.45) is 19.7. The van der Waals surface area contributed by atoms with E-state index in [1.54, 1.807) is 0 Å². The molecule has 0 saturated carbocycles.